The third-order valence-electron chi connectivity index (χ3n) is 2.85. The highest BCUT2D eigenvalue weighted by Gasteiger charge is 2.10. The number of hydrogen-bond acceptors (Lipinski definition) is 3. The number of alkyl halides is 2. The summed E-state index contributed by atoms with van der Waals surface area (Å²) < 4.78 is 33.8. The zero-order valence-corrected chi connectivity index (χ0v) is 12.9. The van der Waals surface area contributed by atoms with E-state index in [1.165, 1.54) is 25.3 Å². The Hall–Kier alpha value is -2.11. The summed E-state index contributed by atoms with van der Waals surface area (Å²) in [7, 11) is 1.36. The smallest absolute Gasteiger partial charge is 0.387 e. The number of hydrogen-bond donors (Lipinski definition) is 1. The molecule has 0 radical (unpaired) electrons. The Labute approximate surface area is 129 Å². The van der Waals surface area contributed by atoms with E-state index in [0.717, 1.165) is 6.42 Å². The molecule has 4 nitrogen and oxygen atoms in total. The summed E-state index contributed by atoms with van der Waals surface area (Å²) in [5.41, 5.74) is 0.650. The van der Waals surface area contributed by atoms with Crippen LogP contribution in [0.3, 0.4) is 0 Å². The van der Waals surface area contributed by atoms with Gasteiger partial charge in [0.2, 0.25) is 5.91 Å². The SMILES string of the molecule is COc1cc(C=CC(=O)NCCC(C)C)ccc1OC(F)F. The van der Waals surface area contributed by atoms with E-state index in [2.05, 4.69) is 23.9 Å². The van der Waals surface area contributed by atoms with Crippen molar-refractivity contribution in [3.8, 4) is 11.5 Å². The Morgan fingerprint density at radius 2 is 2.05 bits per heavy atom. The number of nitrogens with one attached hydrogen (secondary N) is 1. The summed E-state index contributed by atoms with van der Waals surface area (Å²) >= 11 is 0. The van der Waals surface area contributed by atoms with Crippen molar-refractivity contribution in [1.82, 2.24) is 5.32 Å². The molecular formula is C16H21F2NO3. The van der Waals surface area contributed by atoms with Gasteiger partial charge in [-0.25, -0.2) is 0 Å². The van der Waals surface area contributed by atoms with Crippen LogP contribution in [0.1, 0.15) is 25.8 Å². The Bertz CT molecular complexity index is 516. The molecule has 1 aromatic rings. The fraction of sp³-hybridized carbons (Fsp3) is 0.438. The minimum Gasteiger partial charge on any atom is -0.493 e. The van der Waals surface area contributed by atoms with Gasteiger partial charge in [0, 0.05) is 12.6 Å². The van der Waals surface area contributed by atoms with E-state index in [0.29, 0.717) is 18.0 Å². The lowest BCUT2D eigenvalue weighted by atomic mass is 10.1. The van der Waals surface area contributed by atoms with Gasteiger partial charge in [0.15, 0.2) is 11.5 Å². The molecule has 1 N–H and O–H groups in total. The van der Waals surface area contributed by atoms with Gasteiger partial charge in [0.25, 0.3) is 0 Å². The minimum absolute atomic E-state index is 0.0453. The topological polar surface area (TPSA) is 47.6 Å². The molecule has 0 atom stereocenters. The van der Waals surface area contributed by atoms with Gasteiger partial charge in [0.1, 0.15) is 0 Å². The average molecular weight is 313 g/mol. The fourth-order valence-electron chi connectivity index (χ4n) is 1.70. The van der Waals surface area contributed by atoms with Gasteiger partial charge < -0.3 is 14.8 Å². The lowest BCUT2D eigenvalue weighted by Gasteiger charge is -2.10. The summed E-state index contributed by atoms with van der Waals surface area (Å²) in [6.45, 7) is 1.86. The van der Waals surface area contributed by atoms with E-state index in [-0.39, 0.29) is 17.4 Å². The van der Waals surface area contributed by atoms with Crippen molar-refractivity contribution in [1.29, 1.82) is 0 Å². The Balaban J connectivity index is 2.65. The maximum absolute atomic E-state index is 12.2. The predicted octanol–water partition coefficient (Wildman–Crippen LogP) is 3.47. The van der Waals surface area contributed by atoms with Crippen LogP contribution in [-0.4, -0.2) is 26.2 Å². The number of amides is 1. The van der Waals surface area contributed by atoms with Crippen molar-refractivity contribution in [2.24, 2.45) is 5.92 Å². The third-order valence-corrected chi connectivity index (χ3v) is 2.85. The maximum Gasteiger partial charge on any atom is 0.387 e. The zero-order valence-electron chi connectivity index (χ0n) is 12.9. The first-order valence-corrected chi connectivity index (χ1v) is 7.01. The average Bonchev–Trinajstić information content (AvgIpc) is 2.45. The molecule has 0 unspecified atom stereocenters. The van der Waals surface area contributed by atoms with Gasteiger partial charge in [0.05, 0.1) is 7.11 Å². The molecule has 6 heteroatoms. The van der Waals surface area contributed by atoms with E-state index in [4.69, 9.17) is 4.74 Å². The largest absolute Gasteiger partial charge is 0.493 e. The molecule has 0 aromatic heterocycles. The van der Waals surface area contributed by atoms with Crippen LogP contribution in [0.5, 0.6) is 11.5 Å². The van der Waals surface area contributed by atoms with E-state index < -0.39 is 6.61 Å². The van der Waals surface area contributed by atoms with Gasteiger partial charge in [-0.05, 0) is 36.1 Å². The van der Waals surface area contributed by atoms with Crippen molar-refractivity contribution in [2.45, 2.75) is 26.9 Å². The van der Waals surface area contributed by atoms with Crippen LogP contribution < -0.4 is 14.8 Å². The van der Waals surface area contributed by atoms with Crippen LogP contribution in [0.2, 0.25) is 0 Å². The van der Waals surface area contributed by atoms with Crippen molar-refractivity contribution in [2.75, 3.05) is 13.7 Å². The van der Waals surface area contributed by atoms with E-state index >= 15 is 0 Å². The van der Waals surface area contributed by atoms with Crippen LogP contribution in [-0.2, 0) is 4.79 Å². The first-order valence-electron chi connectivity index (χ1n) is 7.01. The van der Waals surface area contributed by atoms with Crippen molar-refractivity contribution >= 4 is 12.0 Å². The summed E-state index contributed by atoms with van der Waals surface area (Å²) in [4.78, 5) is 11.6. The van der Waals surface area contributed by atoms with E-state index in [9.17, 15) is 13.6 Å². The quantitative estimate of drug-likeness (QED) is 0.748. The highest BCUT2D eigenvalue weighted by molar-refractivity contribution is 5.91. The number of halogens is 2. The first-order chi connectivity index (χ1) is 10.4. The van der Waals surface area contributed by atoms with Crippen LogP contribution in [0.25, 0.3) is 6.08 Å². The van der Waals surface area contributed by atoms with E-state index in [1.807, 2.05) is 0 Å². The second kappa shape index (κ2) is 9.02. The van der Waals surface area contributed by atoms with Crippen molar-refractivity contribution in [3.63, 3.8) is 0 Å². The Morgan fingerprint density at radius 1 is 1.32 bits per heavy atom. The van der Waals surface area contributed by atoms with Crippen LogP contribution >= 0.6 is 0 Å². The minimum atomic E-state index is -2.91. The molecule has 1 aromatic carbocycles. The summed E-state index contributed by atoms with van der Waals surface area (Å²) in [6.07, 6.45) is 3.88. The van der Waals surface area contributed by atoms with Crippen LogP contribution in [0.4, 0.5) is 8.78 Å². The molecule has 0 bridgehead atoms. The molecular weight excluding hydrogens is 292 g/mol. The van der Waals surface area contributed by atoms with E-state index in [1.54, 1.807) is 12.1 Å². The monoisotopic (exact) mass is 313 g/mol. The Morgan fingerprint density at radius 3 is 2.64 bits per heavy atom. The Kier molecular flexibility index (Phi) is 7.36. The number of rotatable bonds is 8. The molecule has 22 heavy (non-hydrogen) atoms. The number of carbonyl (C=O) groups is 1. The van der Waals surface area contributed by atoms with Crippen LogP contribution in [0, 0.1) is 5.92 Å². The number of carbonyl (C=O) groups excluding carboxylic acids is 1. The van der Waals surface area contributed by atoms with Crippen molar-refractivity contribution < 1.29 is 23.0 Å². The fourth-order valence-corrected chi connectivity index (χ4v) is 1.70. The van der Waals surface area contributed by atoms with Gasteiger partial charge >= 0.3 is 6.61 Å². The molecule has 1 rings (SSSR count). The molecule has 0 aliphatic heterocycles. The molecule has 1 amide bonds. The third kappa shape index (κ3) is 6.56. The normalized spacial score (nSPS) is 11.2. The molecule has 0 saturated carbocycles. The lowest BCUT2D eigenvalue weighted by Crippen LogP contribution is -2.23. The summed E-state index contributed by atoms with van der Waals surface area (Å²) in [5.74, 6) is 0.460. The molecule has 0 aliphatic carbocycles. The molecule has 0 aliphatic rings. The summed E-state index contributed by atoms with van der Waals surface area (Å²) in [5, 5.41) is 2.77. The number of ether oxygens (including phenoxy) is 2. The highest BCUT2D eigenvalue weighted by atomic mass is 19.3. The second-order valence-corrected chi connectivity index (χ2v) is 5.10. The van der Waals surface area contributed by atoms with Crippen molar-refractivity contribution in [3.05, 3.63) is 29.8 Å². The zero-order chi connectivity index (χ0) is 16.5. The second-order valence-electron chi connectivity index (χ2n) is 5.10. The first kappa shape index (κ1) is 17.9. The van der Waals surface area contributed by atoms with Gasteiger partial charge in [-0.1, -0.05) is 19.9 Å². The van der Waals surface area contributed by atoms with Crippen LogP contribution in [0.15, 0.2) is 24.3 Å². The number of benzene rings is 1. The standard InChI is InChI=1S/C16H21F2NO3/c1-11(2)8-9-19-15(20)7-5-12-4-6-13(22-16(17)18)14(10-12)21-3/h4-7,10-11,16H,8-9H2,1-3H3,(H,19,20). The molecule has 0 fully saturated rings. The van der Waals surface area contributed by atoms with Gasteiger partial charge in [-0.3, -0.25) is 4.79 Å². The summed E-state index contributed by atoms with van der Waals surface area (Å²) in [6, 6.07) is 4.47. The molecule has 0 saturated heterocycles. The number of methoxy groups -OCH3 is 1. The molecule has 122 valence electrons. The highest BCUT2D eigenvalue weighted by Crippen LogP contribution is 2.29. The molecule has 0 heterocycles. The maximum atomic E-state index is 12.2. The molecule has 0 spiro atoms. The predicted molar refractivity (Wildman–Crippen MR) is 81.1 cm³/mol. The van der Waals surface area contributed by atoms with Gasteiger partial charge in [-0.2, -0.15) is 8.78 Å². The lowest BCUT2D eigenvalue weighted by molar-refractivity contribution is -0.116. The van der Waals surface area contributed by atoms with Gasteiger partial charge in [-0.15, -0.1) is 0 Å².